The van der Waals surface area contributed by atoms with Crippen molar-refractivity contribution in [2.75, 3.05) is 6.54 Å². The summed E-state index contributed by atoms with van der Waals surface area (Å²) >= 11 is 0. The first kappa shape index (κ1) is 17.9. The van der Waals surface area contributed by atoms with Crippen molar-refractivity contribution >= 4 is 6.03 Å². The summed E-state index contributed by atoms with van der Waals surface area (Å²) in [6, 6.07) is 2.80. The van der Waals surface area contributed by atoms with Gasteiger partial charge in [0.25, 0.3) is 0 Å². The van der Waals surface area contributed by atoms with Crippen molar-refractivity contribution in [1.82, 2.24) is 20.4 Å². The van der Waals surface area contributed by atoms with Crippen LogP contribution in [0.1, 0.15) is 35.5 Å². The minimum absolute atomic E-state index is 0.355. The number of nitrogens with one attached hydrogen (secondary N) is 2. The van der Waals surface area contributed by atoms with Gasteiger partial charge in [-0.15, -0.1) is 0 Å². The fraction of sp³-hybridized carbons (Fsp3) is 0.412. The zero-order valence-electron chi connectivity index (χ0n) is 14.3. The molecule has 0 aliphatic rings. The van der Waals surface area contributed by atoms with Gasteiger partial charge in [0.05, 0.1) is 11.7 Å². The third-order valence-corrected chi connectivity index (χ3v) is 4.11. The van der Waals surface area contributed by atoms with E-state index >= 15 is 0 Å². The van der Waals surface area contributed by atoms with Crippen molar-refractivity contribution in [3.63, 3.8) is 0 Å². The zero-order valence-corrected chi connectivity index (χ0v) is 14.3. The molecule has 1 aromatic heterocycles. The van der Waals surface area contributed by atoms with Crippen LogP contribution in [0.5, 0.6) is 0 Å². The van der Waals surface area contributed by atoms with Gasteiger partial charge in [-0.3, -0.25) is 4.68 Å². The van der Waals surface area contributed by atoms with Crippen molar-refractivity contribution in [3.8, 4) is 0 Å². The van der Waals surface area contributed by atoms with Crippen LogP contribution < -0.4 is 10.6 Å². The molecule has 0 unspecified atom stereocenters. The second-order valence-corrected chi connectivity index (χ2v) is 5.82. The van der Waals surface area contributed by atoms with Crippen LogP contribution in [0, 0.1) is 25.5 Å². The van der Waals surface area contributed by atoms with Crippen molar-refractivity contribution in [3.05, 3.63) is 52.3 Å². The quantitative estimate of drug-likeness (QED) is 0.882. The van der Waals surface area contributed by atoms with Crippen LogP contribution in [0.2, 0.25) is 0 Å². The molecule has 0 aliphatic carbocycles. The third-order valence-electron chi connectivity index (χ3n) is 4.11. The van der Waals surface area contributed by atoms with Gasteiger partial charge in [0.2, 0.25) is 0 Å². The van der Waals surface area contributed by atoms with Gasteiger partial charge in [-0.25, -0.2) is 13.6 Å². The lowest BCUT2D eigenvalue weighted by Crippen LogP contribution is -2.38. The molecule has 2 N–H and O–H groups in total. The Kier molecular flexibility index (Phi) is 5.54. The van der Waals surface area contributed by atoms with Gasteiger partial charge in [0.1, 0.15) is 0 Å². The van der Waals surface area contributed by atoms with Gasteiger partial charge >= 0.3 is 6.03 Å². The number of hydrogen-bond donors (Lipinski definition) is 2. The second-order valence-electron chi connectivity index (χ2n) is 5.82. The lowest BCUT2D eigenvalue weighted by molar-refractivity contribution is 0.238. The number of carbonyl (C=O) groups is 1. The number of aryl methyl sites for hydroxylation is 2. The summed E-state index contributed by atoms with van der Waals surface area (Å²) in [6.45, 7) is 6.10. The maximum Gasteiger partial charge on any atom is 0.315 e. The van der Waals surface area contributed by atoms with E-state index in [4.69, 9.17) is 0 Å². The highest BCUT2D eigenvalue weighted by molar-refractivity contribution is 5.74. The highest BCUT2D eigenvalue weighted by atomic mass is 19.2. The number of nitrogens with zero attached hydrogens (tertiary/aromatic N) is 2. The van der Waals surface area contributed by atoms with Crippen LogP contribution in [-0.2, 0) is 13.5 Å². The molecule has 24 heavy (non-hydrogen) atoms. The molecule has 1 atom stereocenters. The molecule has 130 valence electrons. The molecule has 0 radical (unpaired) electrons. The van der Waals surface area contributed by atoms with Crippen molar-refractivity contribution in [2.24, 2.45) is 7.05 Å². The van der Waals surface area contributed by atoms with Crippen LogP contribution in [0.25, 0.3) is 0 Å². The van der Waals surface area contributed by atoms with Crippen LogP contribution in [0.3, 0.4) is 0 Å². The number of aromatic nitrogens is 2. The van der Waals surface area contributed by atoms with Crippen molar-refractivity contribution in [1.29, 1.82) is 0 Å². The predicted octanol–water partition coefficient (Wildman–Crippen LogP) is 2.92. The Labute approximate surface area is 140 Å². The number of halogens is 2. The Balaban J connectivity index is 1.85. The van der Waals surface area contributed by atoms with Gasteiger partial charge in [-0.2, -0.15) is 5.10 Å². The SMILES string of the molecule is Cc1nn(C)c(C)c1CCNC(=O)N[C@H](C)c1ccc(F)c(F)c1. The standard InChI is InChI=1S/C17H22F2N4O/c1-10(13-5-6-15(18)16(19)9-13)21-17(24)20-8-7-14-11(2)22-23(4)12(14)3/h5-6,9-10H,7-8H2,1-4H3,(H2,20,21,24)/t10-/m1/s1. The normalized spacial score (nSPS) is 12.1. The van der Waals surface area contributed by atoms with Crippen molar-refractivity contribution in [2.45, 2.75) is 33.2 Å². The molecule has 1 heterocycles. The van der Waals surface area contributed by atoms with E-state index in [1.165, 1.54) is 6.07 Å². The molecular weight excluding hydrogens is 314 g/mol. The number of urea groups is 1. The number of benzene rings is 1. The minimum atomic E-state index is -0.927. The average Bonchev–Trinajstić information content (AvgIpc) is 2.76. The van der Waals surface area contributed by atoms with E-state index in [2.05, 4.69) is 15.7 Å². The summed E-state index contributed by atoms with van der Waals surface area (Å²) < 4.78 is 28.0. The molecule has 1 aromatic carbocycles. The van der Waals surface area contributed by atoms with Crippen LogP contribution in [0.15, 0.2) is 18.2 Å². The molecular formula is C17H22F2N4O. The number of rotatable bonds is 5. The number of hydrogen-bond acceptors (Lipinski definition) is 2. The fourth-order valence-electron chi connectivity index (χ4n) is 2.59. The first-order chi connectivity index (χ1) is 11.3. The Morgan fingerprint density at radius 2 is 2.00 bits per heavy atom. The largest absolute Gasteiger partial charge is 0.338 e. The molecule has 0 bridgehead atoms. The lowest BCUT2D eigenvalue weighted by atomic mass is 10.1. The van der Waals surface area contributed by atoms with E-state index in [1.54, 1.807) is 6.92 Å². The summed E-state index contributed by atoms with van der Waals surface area (Å²) in [5.41, 5.74) is 3.65. The molecule has 5 nitrogen and oxygen atoms in total. The number of amides is 2. The Morgan fingerprint density at radius 3 is 2.58 bits per heavy atom. The van der Waals surface area contributed by atoms with E-state index in [9.17, 15) is 13.6 Å². The molecule has 2 aromatic rings. The minimum Gasteiger partial charge on any atom is -0.338 e. The van der Waals surface area contributed by atoms with Gasteiger partial charge in [0.15, 0.2) is 11.6 Å². The summed E-state index contributed by atoms with van der Waals surface area (Å²) in [7, 11) is 1.88. The first-order valence-electron chi connectivity index (χ1n) is 7.78. The highest BCUT2D eigenvalue weighted by Gasteiger charge is 2.13. The Hall–Kier alpha value is -2.44. The van der Waals surface area contributed by atoms with E-state index < -0.39 is 17.7 Å². The van der Waals surface area contributed by atoms with Crippen LogP contribution in [-0.4, -0.2) is 22.4 Å². The Bertz CT molecular complexity index is 742. The maximum absolute atomic E-state index is 13.2. The first-order valence-corrected chi connectivity index (χ1v) is 7.78. The monoisotopic (exact) mass is 336 g/mol. The summed E-state index contributed by atoms with van der Waals surface area (Å²) in [5.74, 6) is -1.83. The molecule has 7 heteroatoms. The van der Waals surface area contributed by atoms with Gasteiger partial charge in [-0.1, -0.05) is 6.07 Å². The summed E-state index contributed by atoms with van der Waals surface area (Å²) in [6.07, 6.45) is 0.679. The van der Waals surface area contributed by atoms with Gasteiger partial charge < -0.3 is 10.6 Å². The lowest BCUT2D eigenvalue weighted by Gasteiger charge is -2.15. The van der Waals surface area contributed by atoms with E-state index in [1.807, 2.05) is 25.6 Å². The smallest absolute Gasteiger partial charge is 0.315 e. The maximum atomic E-state index is 13.2. The highest BCUT2D eigenvalue weighted by Crippen LogP contribution is 2.16. The van der Waals surface area contributed by atoms with E-state index in [-0.39, 0.29) is 6.03 Å². The van der Waals surface area contributed by atoms with Gasteiger partial charge in [0, 0.05) is 19.3 Å². The third kappa shape index (κ3) is 4.10. The summed E-state index contributed by atoms with van der Waals surface area (Å²) in [5, 5.41) is 9.80. The Morgan fingerprint density at radius 1 is 1.29 bits per heavy atom. The molecule has 0 fully saturated rings. The predicted molar refractivity (Wildman–Crippen MR) is 87.7 cm³/mol. The number of carbonyl (C=O) groups excluding carboxylic acids is 1. The summed E-state index contributed by atoms with van der Waals surface area (Å²) in [4.78, 5) is 11.9. The molecule has 0 spiro atoms. The molecule has 2 rings (SSSR count). The molecule has 0 aliphatic heterocycles. The van der Waals surface area contributed by atoms with Crippen molar-refractivity contribution < 1.29 is 13.6 Å². The van der Waals surface area contributed by atoms with Crippen LogP contribution >= 0.6 is 0 Å². The van der Waals surface area contributed by atoms with Crippen LogP contribution in [0.4, 0.5) is 13.6 Å². The zero-order chi connectivity index (χ0) is 17.9. The fourth-order valence-corrected chi connectivity index (χ4v) is 2.59. The molecule has 0 saturated carbocycles. The molecule has 0 saturated heterocycles. The molecule has 2 amide bonds. The van der Waals surface area contributed by atoms with E-state index in [0.29, 0.717) is 18.5 Å². The second kappa shape index (κ2) is 7.42. The average molecular weight is 336 g/mol. The topological polar surface area (TPSA) is 59.0 Å². The van der Waals surface area contributed by atoms with E-state index in [0.717, 1.165) is 29.1 Å². The van der Waals surface area contributed by atoms with Gasteiger partial charge in [-0.05, 0) is 50.5 Å².